The Hall–Kier alpha value is -1.23. The van der Waals surface area contributed by atoms with E-state index in [2.05, 4.69) is 10.3 Å². The SMILES string of the molecule is Nc1cnccc1SCCC(=O)NC1CC1. The molecule has 86 valence electrons. The van der Waals surface area contributed by atoms with Crippen LogP contribution in [-0.4, -0.2) is 22.7 Å². The fraction of sp³-hybridized carbons (Fsp3) is 0.455. The Morgan fingerprint density at radius 3 is 3.12 bits per heavy atom. The number of thioether (sulfide) groups is 1. The van der Waals surface area contributed by atoms with Crippen molar-refractivity contribution in [3.8, 4) is 0 Å². The first-order chi connectivity index (χ1) is 7.75. The van der Waals surface area contributed by atoms with Crippen LogP contribution in [0.3, 0.4) is 0 Å². The molecule has 5 heteroatoms. The smallest absolute Gasteiger partial charge is 0.221 e. The fourth-order valence-corrected chi connectivity index (χ4v) is 2.19. The van der Waals surface area contributed by atoms with Crippen molar-refractivity contribution in [1.29, 1.82) is 0 Å². The van der Waals surface area contributed by atoms with Crippen LogP contribution >= 0.6 is 11.8 Å². The number of pyridine rings is 1. The summed E-state index contributed by atoms with van der Waals surface area (Å²) in [6, 6.07) is 2.32. The standard InChI is InChI=1S/C11H15N3OS/c12-9-7-13-5-3-10(9)16-6-4-11(15)14-8-1-2-8/h3,5,7-8H,1-2,4,6,12H2,(H,14,15). The third kappa shape index (κ3) is 3.41. The molecule has 0 aliphatic heterocycles. The first kappa shape index (κ1) is 11.3. The minimum Gasteiger partial charge on any atom is -0.397 e. The van der Waals surface area contributed by atoms with Gasteiger partial charge < -0.3 is 11.1 Å². The van der Waals surface area contributed by atoms with E-state index < -0.39 is 0 Å². The Labute approximate surface area is 99.0 Å². The lowest BCUT2D eigenvalue weighted by Gasteiger charge is -2.05. The van der Waals surface area contributed by atoms with Crippen LogP contribution in [0.25, 0.3) is 0 Å². The molecular weight excluding hydrogens is 222 g/mol. The number of rotatable bonds is 5. The molecule has 0 unspecified atom stereocenters. The van der Waals surface area contributed by atoms with Gasteiger partial charge in [-0.3, -0.25) is 9.78 Å². The van der Waals surface area contributed by atoms with Gasteiger partial charge in [0.05, 0.1) is 11.9 Å². The quantitative estimate of drug-likeness (QED) is 0.760. The molecule has 1 aromatic rings. The van der Waals surface area contributed by atoms with Gasteiger partial charge in [-0.1, -0.05) is 0 Å². The Morgan fingerprint density at radius 2 is 2.44 bits per heavy atom. The van der Waals surface area contributed by atoms with E-state index in [0.29, 0.717) is 18.2 Å². The van der Waals surface area contributed by atoms with Gasteiger partial charge in [0.2, 0.25) is 5.91 Å². The number of carbonyl (C=O) groups is 1. The summed E-state index contributed by atoms with van der Waals surface area (Å²) in [6.07, 6.45) is 6.16. The summed E-state index contributed by atoms with van der Waals surface area (Å²) in [5.41, 5.74) is 6.42. The van der Waals surface area contributed by atoms with Crippen LogP contribution in [0.4, 0.5) is 5.69 Å². The maximum absolute atomic E-state index is 11.4. The summed E-state index contributed by atoms with van der Waals surface area (Å²) in [5, 5.41) is 2.96. The molecule has 1 amide bonds. The van der Waals surface area contributed by atoms with Gasteiger partial charge in [-0.05, 0) is 18.9 Å². The molecular formula is C11H15N3OS. The van der Waals surface area contributed by atoms with Crippen molar-refractivity contribution in [2.24, 2.45) is 0 Å². The van der Waals surface area contributed by atoms with E-state index >= 15 is 0 Å². The van der Waals surface area contributed by atoms with Crippen LogP contribution in [0.1, 0.15) is 19.3 Å². The monoisotopic (exact) mass is 237 g/mol. The molecule has 1 aliphatic rings. The van der Waals surface area contributed by atoms with E-state index in [9.17, 15) is 4.79 Å². The van der Waals surface area contributed by atoms with E-state index in [-0.39, 0.29) is 5.91 Å². The van der Waals surface area contributed by atoms with Gasteiger partial charge in [-0.25, -0.2) is 0 Å². The van der Waals surface area contributed by atoms with E-state index in [1.165, 1.54) is 0 Å². The number of nitrogens with one attached hydrogen (secondary N) is 1. The highest BCUT2D eigenvalue weighted by Gasteiger charge is 2.22. The minimum absolute atomic E-state index is 0.141. The second-order valence-corrected chi connectivity index (χ2v) is 4.99. The van der Waals surface area contributed by atoms with Crippen LogP contribution in [0.15, 0.2) is 23.4 Å². The number of carbonyl (C=O) groups excluding carboxylic acids is 1. The Bertz CT molecular complexity index is 379. The van der Waals surface area contributed by atoms with Crippen LogP contribution in [-0.2, 0) is 4.79 Å². The zero-order valence-corrected chi connectivity index (χ0v) is 9.80. The average molecular weight is 237 g/mol. The number of hydrogen-bond donors (Lipinski definition) is 2. The lowest BCUT2D eigenvalue weighted by atomic mass is 10.4. The highest BCUT2D eigenvalue weighted by Crippen LogP contribution is 2.24. The Balaban J connectivity index is 1.70. The van der Waals surface area contributed by atoms with Crippen molar-refractivity contribution < 1.29 is 4.79 Å². The third-order valence-corrected chi connectivity index (χ3v) is 3.43. The molecule has 0 aromatic carbocycles. The molecule has 0 radical (unpaired) electrons. The highest BCUT2D eigenvalue weighted by molar-refractivity contribution is 7.99. The first-order valence-corrected chi connectivity index (χ1v) is 6.36. The van der Waals surface area contributed by atoms with E-state index in [0.717, 1.165) is 23.5 Å². The summed E-state index contributed by atoms with van der Waals surface area (Å²) in [4.78, 5) is 16.3. The molecule has 1 saturated carbocycles. The predicted octanol–water partition coefficient (Wildman–Crippen LogP) is 1.42. The normalized spacial score (nSPS) is 14.8. The molecule has 3 N–H and O–H groups in total. The maximum atomic E-state index is 11.4. The summed E-state index contributed by atoms with van der Waals surface area (Å²) in [7, 11) is 0. The fourth-order valence-electron chi connectivity index (χ4n) is 1.31. The number of nitrogen functional groups attached to an aromatic ring is 1. The molecule has 1 heterocycles. The van der Waals surface area contributed by atoms with Crippen molar-refractivity contribution in [3.05, 3.63) is 18.5 Å². The number of hydrogen-bond acceptors (Lipinski definition) is 4. The largest absolute Gasteiger partial charge is 0.397 e. The lowest BCUT2D eigenvalue weighted by Crippen LogP contribution is -2.25. The van der Waals surface area contributed by atoms with Crippen LogP contribution in [0.2, 0.25) is 0 Å². The maximum Gasteiger partial charge on any atom is 0.221 e. The zero-order chi connectivity index (χ0) is 11.4. The molecule has 0 saturated heterocycles. The summed E-state index contributed by atoms with van der Waals surface area (Å²) in [5.74, 6) is 0.898. The second-order valence-electron chi connectivity index (χ2n) is 3.85. The van der Waals surface area contributed by atoms with Gasteiger partial charge in [0.25, 0.3) is 0 Å². The summed E-state index contributed by atoms with van der Waals surface area (Å²) in [6.45, 7) is 0. The van der Waals surface area contributed by atoms with Gasteiger partial charge in [0.15, 0.2) is 0 Å². The average Bonchev–Trinajstić information content (AvgIpc) is 3.05. The number of amides is 1. The molecule has 16 heavy (non-hydrogen) atoms. The van der Waals surface area contributed by atoms with Gasteiger partial charge in [-0.15, -0.1) is 11.8 Å². The van der Waals surface area contributed by atoms with Gasteiger partial charge in [0, 0.05) is 29.3 Å². The van der Waals surface area contributed by atoms with Crippen molar-refractivity contribution in [3.63, 3.8) is 0 Å². The molecule has 1 aromatic heterocycles. The Kier molecular flexibility index (Phi) is 3.66. The van der Waals surface area contributed by atoms with E-state index in [4.69, 9.17) is 5.73 Å². The van der Waals surface area contributed by atoms with Crippen LogP contribution < -0.4 is 11.1 Å². The van der Waals surface area contributed by atoms with Crippen molar-refractivity contribution in [2.75, 3.05) is 11.5 Å². The molecule has 2 rings (SSSR count). The molecule has 0 atom stereocenters. The topological polar surface area (TPSA) is 68.0 Å². The van der Waals surface area contributed by atoms with Crippen LogP contribution in [0.5, 0.6) is 0 Å². The second kappa shape index (κ2) is 5.21. The zero-order valence-electron chi connectivity index (χ0n) is 8.98. The van der Waals surface area contributed by atoms with Gasteiger partial charge in [0.1, 0.15) is 0 Å². The third-order valence-electron chi connectivity index (χ3n) is 2.34. The number of aromatic nitrogens is 1. The molecule has 0 bridgehead atoms. The van der Waals surface area contributed by atoms with Crippen molar-refractivity contribution in [1.82, 2.24) is 10.3 Å². The number of nitrogens with zero attached hydrogens (tertiary/aromatic N) is 1. The summed E-state index contributed by atoms with van der Waals surface area (Å²) < 4.78 is 0. The molecule has 1 fully saturated rings. The van der Waals surface area contributed by atoms with Crippen molar-refractivity contribution in [2.45, 2.75) is 30.2 Å². The minimum atomic E-state index is 0.141. The van der Waals surface area contributed by atoms with Gasteiger partial charge in [-0.2, -0.15) is 0 Å². The molecule has 0 spiro atoms. The molecule has 4 nitrogen and oxygen atoms in total. The number of nitrogens with two attached hydrogens (primary N) is 1. The molecule has 1 aliphatic carbocycles. The van der Waals surface area contributed by atoms with Crippen molar-refractivity contribution >= 4 is 23.4 Å². The lowest BCUT2D eigenvalue weighted by molar-refractivity contribution is -0.120. The summed E-state index contributed by atoms with van der Waals surface area (Å²) >= 11 is 1.60. The Morgan fingerprint density at radius 1 is 1.62 bits per heavy atom. The van der Waals surface area contributed by atoms with Gasteiger partial charge >= 0.3 is 0 Å². The number of anilines is 1. The highest BCUT2D eigenvalue weighted by atomic mass is 32.2. The predicted molar refractivity (Wildman–Crippen MR) is 65.2 cm³/mol. The van der Waals surface area contributed by atoms with E-state index in [1.54, 1.807) is 24.2 Å². The van der Waals surface area contributed by atoms with Crippen LogP contribution in [0, 0.1) is 0 Å². The van der Waals surface area contributed by atoms with E-state index in [1.807, 2.05) is 6.07 Å². The first-order valence-electron chi connectivity index (χ1n) is 5.37.